The van der Waals surface area contributed by atoms with E-state index in [-0.39, 0.29) is 11.4 Å². The smallest absolute Gasteiger partial charge is 0.273 e. The average Bonchev–Trinajstić information content (AvgIpc) is 3.25. The second-order valence-corrected chi connectivity index (χ2v) is 8.65. The van der Waals surface area contributed by atoms with Crippen LogP contribution in [-0.4, -0.2) is 25.7 Å². The van der Waals surface area contributed by atoms with Gasteiger partial charge in [-0.05, 0) is 52.0 Å². The van der Waals surface area contributed by atoms with E-state index in [9.17, 15) is 4.79 Å². The van der Waals surface area contributed by atoms with Crippen LogP contribution >= 0.6 is 11.3 Å². The minimum atomic E-state index is -0.291. The van der Waals surface area contributed by atoms with Crippen molar-refractivity contribution in [2.75, 3.05) is 5.32 Å². The maximum atomic E-state index is 13.1. The monoisotopic (exact) mass is 391 g/mol. The molecule has 0 bridgehead atoms. The maximum absolute atomic E-state index is 13.1. The fourth-order valence-electron chi connectivity index (χ4n) is 3.03. The lowest BCUT2D eigenvalue weighted by Crippen LogP contribution is -2.29. The zero-order valence-electron chi connectivity index (χ0n) is 16.2. The molecule has 28 heavy (non-hydrogen) atoms. The Balaban J connectivity index is 1.71. The number of carbonyl (C=O) groups excluding carboxylic acids is 1. The lowest BCUT2D eigenvalue weighted by atomic mass is 10.1. The molecule has 142 valence electrons. The van der Waals surface area contributed by atoms with Gasteiger partial charge in [0.05, 0.1) is 27.1 Å². The number of benzene rings is 1. The Kier molecular flexibility index (Phi) is 4.47. The number of pyridine rings is 1. The maximum Gasteiger partial charge on any atom is 0.273 e. The zero-order valence-corrected chi connectivity index (χ0v) is 17.0. The van der Waals surface area contributed by atoms with E-state index in [1.165, 1.54) is 0 Å². The summed E-state index contributed by atoms with van der Waals surface area (Å²) in [6, 6.07) is 11.4. The quantitative estimate of drug-likeness (QED) is 0.541. The van der Waals surface area contributed by atoms with Crippen molar-refractivity contribution in [1.82, 2.24) is 19.7 Å². The van der Waals surface area contributed by atoms with Crippen molar-refractivity contribution in [3.8, 4) is 10.6 Å². The first-order valence-corrected chi connectivity index (χ1v) is 9.83. The Hall–Kier alpha value is -3.06. The van der Waals surface area contributed by atoms with Gasteiger partial charge in [-0.15, -0.1) is 11.3 Å². The van der Waals surface area contributed by atoms with Gasteiger partial charge in [0.1, 0.15) is 10.7 Å². The van der Waals surface area contributed by atoms with Crippen LogP contribution in [0.1, 0.15) is 37.0 Å². The highest BCUT2D eigenvalue weighted by atomic mass is 32.1. The number of anilines is 1. The van der Waals surface area contributed by atoms with E-state index >= 15 is 0 Å². The molecule has 3 heterocycles. The molecule has 0 atom stereocenters. The Morgan fingerprint density at radius 1 is 1.18 bits per heavy atom. The van der Waals surface area contributed by atoms with Gasteiger partial charge in [0.15, 0.2) is 0 Å². The highest BCUT2D eigenvalue weighted by molar-refractivity contribution is 7.21. The third-order valence-electron chi connectivity index (χ3n) is 4.30. The van der Waals surface area contributed by atoms with Crippen molar-refractivity contribution in [3.63, 3.8) is 0 Å². The summed E-state index contributed by atoms with van der Waals surface area (Å²) in [5.74, 6) is -0.189. The highest BCUT2D eigenvalue weighted by Crippen LogP contribution is 2.34. The molecule has 1 aromatic carbocycles. The zero-order chi connectivity index (χ0) is 19.9. The Morgan fingerprint density at radius 2 is 1.96 bits per heavy atom. The lowest BCUT2D eigenvalue weighted by Gasteiger charge is -2.22. The molecule has 7 heteroatoms. The second-order valence-electron chi connectivity index (χ2n) is 7.62. The molecule has 0 fully saturated rings. The molecule has 0 aliphatic heterocycles. The van der Waals surface area contributed by atoms with Crippen molar-refractivity contribution in [3.05, 3.63) is 60.2 Å². The number of nitrogens with zero attached hydrogens (tertiary/aromatic N) is 4. The van der Waals surface area contributed by atoms with Crippen LogP contribution in [0.25, 0.3) is 20.8 Å². The molecule has 4 rings (SSSR count). The van der Waals surface area contributed by atoms with E-state index in [0.717, 1.165) is 32.2 Å². The van der Waals surface area contributed by atoms with Crippen molar-refractivity contribution >= 4 is 33.1 Å². The summed E-state index contributed by atoms with van der Waals surface area (Å²) in [6.07, 6.45) is 3.54. The van der Waals surface area contributed by atoms with Crippen LogP contribution < -0.4 is 5.32 Å². The second kappa shape index (κ2) is 6.83. The van der Waals surface area contributed by atoms with Gasteiger partial charge in [0.2, 0.25) is 0 Å². The number of fused-ring (bicyclic) bond motifs is 1. The van der Waals surface area contributed by atoms with Crippen molar-refractivity contribution < 1.29 is 4.79 Å². The molecular formula is C21H21N5OS. The molecule has 3 aromatic heterocycles. The van der Waals surface area contributed by atoms with E-state index in [2.05, 4.69) is 15.4 Å². The molecule has 0 aliphatic rings. The number of carbonyl (C=O) groups is 1. The molecular weight excluding hydrogens is 370 g/mol. The number of hydrogen-bond acceptors (Lipinski definition) is 5. The van der Waals surface area contributed by atoms with Crippen molar-refractivity contribution in [2.45, 2.75) is 33.2 Å². The third-order valence-corrected chi connectivity index (χ3v) is 5.34. The minimum absolute atomic E-state index is 0.189. The van der Waals surface area contributed by atoms with Crippen LogP contribution in [0.5, 0.6) is 0 Å². The molecule has 0 unspecified atom stereocenters. The third kappa shape index (κ3) is 3.41. The van der Waals surface area contributed by atoms with Gasteiger partial charge in [0, 0.05) is 18.0 Å². The molecule has 0 radical (unpaired) electrons. The van der Waals surface area contributed by atoms with E-state index in [4.69, 9.17) is 4.98 Å². The molecule has 0 saturated carbocycles. The first kappa shape index (κ1) is 18.3. The molecule has 0 spiro atoms. The topological polar surface area (TPSA) is 72.7 Å². The number of amides is 1. The number of hydrogen-bond donors (Lipinski definition) is 1. The van der Waals surface area contributed by atoms with E-state index in [1.54, 1.807) is 22.2 Å². The van der Waals surface area contributed by atoms with Gasteiger partial charge < -0.3 is 5.32 Å². The molecule has 1 N–H and O–H groups in total. The predicted octanol–water partition coefficient (Wildman–Crippen LogP) is 4.87. The summed E-state index contributed by atoms with van der Waals surface area (Å²) in [5.41, 5.74) is 3.56. The van der Waals surface area contributed by atoms with Gasteiger partial charge in [-0.2, -0.15) is 5.10 Å². The molecule has 6 nitrogen and oxygen atoms in total. The number of aryl methyl sites for hydroxylation is 1. The summed E-state index contributed by atoms with van der Waals surface area (Å²) >= 11 is 1.56. The molecule has 4 aromatic rings. The molecule has 0 saturated heterocycles. The van der Waals surface area contributed by atoms with Crippen molar-refractivity contribution in [2.24, 2.45) is 0 Å². The summed E-state index contributed by atoms with van der Waals surface area (Å²) in [6.45, 7) is 7.97. The fourth-order valence-corrected chi connectivity index (χ4v) is 4.00. The SMILES string of the molecule is Cc1cc(C(=O)Nc2ccccc2-c2nc3ccncc3s2)n(C(C)(C)C)n1. The minimum Gasteiger partial charge on any atom is -0.320 e. The van der Waals surface area contributed by atoms with Crippen LogP contribution in [0.2, 0.25) is 0 Å². The number of thiazole rings is 1. The molecule has 0 aliphatic carbocycles. The fraction of sp³-hybridized carbons (Fsp3) is 0.238. The first-order chi connectivity index (χ1) is 13.3. The number of nitrogens with one attached hydrogen (secondary N) is 1. The average molecular weight is 392 g/mol. The highest BCUT2D eigenvalue weighted by Gasteiger charge is 2.23. The Morgan fingerprint density at radius 3 is 2.71 bits per heavy atom. The van der Waals surface area contributed by atoms with Crippen LogP contribution in [0.15, 0.2) is 48.8 Å². The normalized spacial score (nSPS) is 11.7. The van der Waals surface area contributed by atoms with Gasteiger partial charge in [-0.1, -0.05) is 12.1 Å². The summed E-state index contributed by atoms with van der Waals surface area (Å²) in [7, 11) is 0. The summed E-state index contributed by atoms with van der Waals surface area (Å²) in [4.78, 5) is 21.9. The standard InChI is InChI=1S/C21H21N5OS/c1-13-11-17(26(25-13)21(2,3)4)19(27)23-15-8-6-5-7-14(15)20-24-16-9-10-22-12-18(16)28-20/h5-12H,1-4H3,(H,23,27). The number of rotatable bonds is 3. The van der Waals surface area contributed by atoms with Crippen LogP contribution in [-0.2, 0) is 5.54 Å². The van der Waals surface area contributed by atoms with Gasteiger partial charge >= 0.3 is 0 Å². The van der Waals surface area contributed by atoms with Gasteiger partial charge in [-0.25, -0.2) is 4.98 Å². The van der Waals surface area contributed by atoms with Crippen molar-refractivity contribution in [1.29, 1.82) is 0 Å². The van der Waals surface area contributed by atoms with E-state index in [0.29, 0.717) is 5.69 Å². The van der Waals surface area contributed by atoms with E-state index < -0.39 is 0 Å². The van der Waals surface area contributed by atoms with Crippen LogP contribution in [0, 0.1) is 6.92 Å². The van der Waals surface area contributed by atoms with Crippen LogP contribution in [0.4, 0.5) is 5.69 Å². The number of aromatic nitrogens is 4. The largest absolute Gasteiger partial charge is 0.320 e. The summed E-state index contributed by atoms with van der Waals surface area (Å²) in [5, 5.41) is 8.39. The lowest BCUT2D eigenvalue weighted by molar-refractivity contribution is 0.100. The summed E-state index contributed by atoms with van der Waals surface area (Å²) < 4.78 is 2.78. The van der Waals surface area contributed by atoms with Gasteiger partial charge in [-0.3, -0.25) is 14.5 Å². The Bertz CT molecular complexity index is 1140. The number of para-hydroxylation sites is 1. The Labute approximate surface area is 167 Å². The van der Waals surface area contributed by atoms with E-state index in [1.807, 2.05) is 70.3 Å². The first-order valence-electron chi connectivity index (χ1n) is 9.01. The predicted molar refractivity (Wildman–Crippen MR) is 113 cm³/mol. The van der Waals surface area contributed by atoms with Crippen LogP contribution in [0.3, 0.4) is 0 Å². The van der Waals surface area contributed by atoms with Gasteiger partial charge in [0.25, 0.3) is 5.91 Å². The molecule has 1 amide bonds.